The van der Waals surface area contributed by atoms with Gasteiger partial charge < -0.3 is 19.7 Å². The van der Waals surface area contributed by atoms with Crippen LogP contribution in [0.5, 0.6) is 5.75 Å². The van der Waals surface area contributed by atoms with Crippen molar-refractivity contribution in [3.05, 3.63) is 65.7 Å². The van der Waals surface area contributed by atoms with Gasteiger partial charge in [0.15, 0.2) is 6.61 Å². The number of hydrogen-bond acceptors (Lipinski definition) is 5. The first kappa shape index (κ1) is 24.3. The van der Waals surface area contributed by atoms with Gasteiger partial charge in [-0.2, -0.15) is 0 Å². The van der Waals surface area contributed by atoms with Crippen molar-refractivity contribution in [3.63, 3.8) is 0 Å². The summed E-state index contributed by atoms with van der Waals surface area (Å²) in [5, 5.41) is 2.75. The molecule has 0 bridgehead atoms. The standard InChI is InChI=1S/C26H32N2O5/c1-18(2)25(27-23(29)15-19-7-5-4-6-8-19)26(31)33-17-24(30)28(21-11-12-21)16-20-9-13-22(32-3)14-10-20/h4-10,13-14,18,21,25H,11-12,15-17H2,1-3H3,(H,27,29)/t25-/m0/s1. The van der Waals surface area contributed by atoms with Crippen LogP contribution in [-0.4, -0.2) is 48.5 Å². The Kier molecular flexibility index (Phi) is 8.46. The van der Waals surface area contributed by atoms with Crippen molar-refractivity contribution in [1.82, 2.24) is 10.2 Å². The summed E-state index contributed by atoms with van der Waals surface area (Å²) in [6, 6.07) is 16.2. The number of ether oxygens (including phenoxy) is 2. The first-order valence-corrected chi connectivity index (χ1v) is 11.3. The second-order valence-corrected chi connectivity index (χ2v) is 8.66. The normalized spacial score (nSPS) is 13.8. The van der Waals surface area contributed by atoms with Crippen LogP contribution < -0.4 is 10.1 Å². The van der Waals surface area contributed by atoms with Gasteiger partial charge in [-0.3, -0.25) is 9.59 Å². The first-order valence-electron chi connectivity index (χ1n) is 11.3. The molecule has 0 aliphatic heterocycles. The molecule has 7 heteroatoms. The van der Waals surface area contributed by atoms with Gasteiger partial charge in [0.2, 0.25) is 5.91 Å². The predicted octanol–water partition coefficient (Wildman–Crippen LogP) is 3.11. The first-order chi connectivity index (χ1) is 15.9. The van der Waals surface area contributed by atoms with Gasteiger partial charge in [-0.05, 0) is 42.0 Å². The molecule has 3 rings (SSSR count). The maximum atomic E-state index is 12.8. The summed E-state index contributed by atoms with van der Waals surface area (Å²) in [7, 11) is 1.61. The lowest BCUT2D eigenvalue weighted by atomic mass is 10.0. The van der Waals surface area contributed by atoms with Gasteiger partial charge in [0.05, 0.1) is 13.5 Å². The average Bonchev–Trinajstić information content (AvgIpc) is 3.65. The second-order valence-electron chi connectivity index (χ2n) is 8.66. The highest BCUT2D eigenvalue weighted by atomic mass is 16.5. The second kappa shape index (κ2) is 11.5. The molecule has 33 heavy (non-hydrogen) atoms. The highest BCUT2D eigenvalue weighted by Gasteiger charge is 2.34. The highest BCUT2D eigenvalue weighted by molar-refractivity contribution is 5.87. The third kappa shape index (κ3) is 7.34. The number of carbonyl (C=O) groups excluding carboxylic acids is 3. The fourth-order valence-electron chi connectivity index (χ4n) is 3.54. The largest absolute Gasteiger partial charge is 0.497 e. The lowest BCUT2D eigenvalue weighted by Crippen LogP contribution is -2.47. The Balaban J connectivity index is 1.54. The van der Waals surface area contributed by atoms with Crippen LogP contribution in [0.3, 0.4) is 0 Å². The molecule has 0 aromatic heterocycles. The molecule has 0 heterocycles. The Morgan fingerprint density at radius 1 is 1.00 bits per heavy atom. The summed E-state index contributed by atoms with van der Waals surface area (Å²) in [6.07, 6.45) is 2.06. The van der Waals surface area contributed by atoms with Gasteiger partial charge in [0.1, 0.15) is 11.8 Å². The summed E-state index contributed by atoms with van der Waals surface area (Å²) in [4.78, 5) is 39.7. The van der Waals surface area contributed by atoms with Crippen LogP contribution in [0, 0.1) is 5.92 Å². The molecule has 0 radical (unpaired) electrons. The Morgan fingerprint density at radius 3 is 2.24 bits per heavy atom. The summed E-state index contributed by atoms with van der Waals surface area (Å²) in [6.45, 7) is 3.77. The smallest absolute Gasteiger partial charge is 0.329 e. The molecule has 7 nitrogen and oxygen atoms in total. The van der Waals surface area contributed by atoms with Crippen LogP contribution in [0.15, 0.2) is 54.6 Å². The van der Waals surface area contributed by atoms with Crippen LogP contribution in [0.4, 0.5) is 0 Å². The number of benzene rings is 2. The van der Waals surface area contributed by atoms with Crippen molar-refractivity contribution in [1.29, 1.82) is 0 Å². The minimum Gasteiger partial charge on any atom is -0.497 e. The lowest BCUT2D eigenvalue weighted by molar-refractivity contribution is -0.156. The van der Waals surface area contributed by atoms with Gasteiger partial charge in [-0.15, -0.1) is 0 Å². The monoisotopic (exact) mass is 452 g/mol. The van der Waals surface area contributed by atoms with Crippen molar-refractivity contribution in [2.75, 3.05) is 13.7 Å². The number of rotatable bonds is 11. The lowest BCUT2D eigenvalue weighted by Gasteiger charge is -2.24. The van der Waals surface area contributed by atoms with Crippen LogP contribution in [0.1, 0.15) is 37.8 Å². The molecular weight excluding hydrogens is 420 g/mol. The van der Waals surface area contributed by atoms with Crippen LogP contribution in [0.25, 0.3) is 0 Å². The third-order valence-electron chi connectivity index (χ3n) is 5.60. The highest BCUT2D eigenvalue weighted by Crippen LogP contribution is 2.29. The van der Waals surface area contributed by atoms with Crippen molar-refractivity contribution in [2.24, 2.45) is 5.92 Å². The molecule has 0 unspecified atom stereocenters. The van der Waals surface area contributed by atoms with E-state index in [0.717, 1.165) is 29.7 Å². The van der Waals surface area contributed by atoms with Crippen molar-refractivity contribution in [3.8, 4) is 5.75 Å². The van der Waals surface area contributed by atoms with E-state index >= 15 is 0 Å². The van der Waals surface area contributed by atoms with E-state index in [9.17, 15) is 14.4 Å². The van der Waals surface area contributed by atoms with Gasteiger partial charge in [0.25, 0.3) is 5.91 Å². The number of nitrogens with one attached hydrogen (secondary N) is 1. The number of hydrogen-bond donors (Lipinski definition) is 1. The van der Waals surface area contributed by atoms with E-state index in [1.165, 1.54) is 0 Å². The third-order valence-corrected chi connectivity index (χ3v) is 5.60. The molecule has 1 aliphatic rings. The van der Waals surface area contributed by atoms with E-state index in [-0.39, 0.29) is 36.8 Å². The van der Waals surface area contributed by atoms with Crippen molar-refractivity contribution >= 4 is 17.8 Å². The minimum atomic E-state index is -0.815. The average molecular weight is 453 g/mol. The molecule has 1 atom stereocenters. The fourth-order valence-corrected chi connectivity index (χ4v) is 3.54. The van der Waals surface area contributed by atoms with E-state index in [4.69, 9.17) is 9.47 Å². The Bertz CT molecular complexity index is 939. The quantitative estimate of drug-likeness (QED) is 0.530. The van der Waals surface area contributed by atoms with Crippen LogP contribution in [0.2, 0.25) is 0 Å². The molecule has 2 aromatic rings. The van der Waals surface area contributed by atoms with Gasteiger partial charge in [-0.25, -0.2) is 4.79 Å². The predicted molar refractivity (Wildman–Crippen MR) is 124 cm³/mol. The molecule has 1 saturated carbocycles. The Labute approximate surface area is 195 Å². The zero-order valence-electron chi connectivity index (χ0n) is 19.5. The van der Waals surface area contributed by atoms with E-state index in [0.29, 0.717) is 6.54 Å². The molecule has 0 saturated heterocycles. The molecule has 1 aliphatic carbocycles. The molecule has 2 aromatic carbocycles. The molecule has 176 valence electrons. The Hall–Kier alpha value is -3.35. The van der Waals surface area contributed by atoms with Gasteiger partial charge in [-0.1, -0.05) is 56.3 Å². The maximum absolute atomic E-state index is 12.8. The summed E-state index contributed by atoms with van der Waals surface area (Å²) >= 11 is 0. The minimum absolute atomic E-state index is 0.171. The molecular formula is C26H32N2O5. The van der Waals surface area contributed by atoms with Crippen molar-refractivity contribution < 1.29 is 23.9 Å². The summed E-state index contributed by atoms with van der Waals surface area (Å²) in [5.74, 6) is -0.515. The number of esters is 1. The zero-order valence-corrected chi connectivity index (χ0v) is 19.5. The van der Waals surface area contributed by atoms with E-state index in [1.54, 1.807) is 12.0 Å². The van der Waals surface area contributed by atoms with Gasteiger partial charge >= 0.3 is 5.97 Å². The number of nitrogens with zero attached hydrogens (tertiary/aromatic N) is 1. The number of carbonyl (C=O) groups is 3. The van der Waals surface area contributed by atoms with Gasteiger partial charge in [0, 0.05) is 12.6 Å². The maximum Gasteiger partial charge on any atom is 0.329 e. The number of amides is 2. The molecule has 1 fully saturated rings. The van der Waals surface area contributed by atoms with Crippen LogP contribution >= 0.6 is 0 Å². The van der Waals surface area contributed by atoms with Crippen molar-refractivity contribution in [2.45, 2.75) is 51.7 Å². The molecule has 2 amide bonds. The van der Waals surface area contributed by atoms with E-state index in [1.807, 2.05) is 68.4 Å². The summed E-state index contributed by atoms with van der Waals surface area (Å²) < 4.78 is 10.5. The summed E-state index contributed by atoms with van der Waals surface area (Å²) in [5.41, 5.74) is 1.84. The Morgan fingerprint density at radius 2 is 1.67 bits per heavy atom. The van der Waals surface area contributed by atoms with E-state index < -0.39 is 12.0 Å². The topological polar surface area (TPSA) is 84.9 Å². The number of methoxy groups -OCH3 is 1. The fraction of sp³-hybridized carbons (Fsp3) is 0.423. The SMILES string of the molecule is COc1ccc(CN(C(=O)COC(=O)[C@@H](NC(=O)Cc2ccccc2)C(C)C)C2CC2)cc1. The van der Waals surface area contributed by atoms with E-state index in [2.05, 4.69) is 5.32 Å². The molecule has 0 spiro atoms. The van der Waals surface area contributed by atoms with Crippen LogP contribution in [-0.2, 0) is 32.1 Å². The molecule has 1 N–H and O–H groups in total. The zero-order chi connectivity index (χ0) is 23.8.